The molecule has 1 aliphatic heterocycles. The van der Waals surface area contributed by atoms with Crippen molar-refractivity contribution >= 4 is 21.4 Å². The second kappa shape index (κ2) is 6.59. The summed E-state index contributed by atoms with van der Waals surface area (Å²) in [5.74, 6) is 1.39. The smallest absolute Gasteiger partial charge is 0.247 e. The van der Waals surface area contributed by atoms with Gasteiger partial charge in [-0.05, 0) is 37.2 Å². The molecule has 8 heteroatoms. The summed E-state index contributed by atoms with van der Waals surface area (Å²) >= 11 is 5.87. The summed E-state index contributed by atoms with van der Waals surface area (Å²) in [5.41, 5.74) is 0.805. The number of benzene rings is 1. The van der Waals surface area contributed by atoms with Crippen LogP contribution in [-0.4, -0.2) is 47.6 Å². The van der Waals surface area contributed by atoms with Crippen LogP contribution in [0.5, 0.6) is 0 Å². The van der Waals surface area contributed by atoms with E-state index < -0.39 is 9.84 Å². The van der Waals surface area contributed by atoms with Gasteiger partial charge in [0.05, 0.1) is 18.1 Å². The second-order valence-electron chi connectivity index (χ2n) is 5.63. The van der Waals surface area contributed by atoms with Crippen LogP contribution < -0.4 is 0 Å². The third-order valence-electron chi connectivity index (χ3n) is 4.03. The molecule has 23 heavy (non-hydrogen) atoms. The van der Waals surface area contributed by atoms with Crippen molar-refractivity contribution in [2.75, 3.05) is 18.1 Å². The number of hydrogen-bond donors (Lipinski definition) is 0. The number of sulfone groups is 1. The van der Waals surface area contributed by atoms with Gasteiger partial charge in [-0.15, -0.1) is 10.2 Å². The molecule has 1 aromatic heterocycles. The van der Waals surface area contributed by atoms with Crippen LogP contribution in [0.3, 0.4) is 0 Å². The minimum Gasteiger partial charge on any atom is -0.419 e. The highest BCUT2D eigenvalue weighted by Crippen LogP contribution is 2.23. The van der Waals surface area contributed by atoms with Crippen LogP contribution in [0.15, 0.2) is 28.7 Å². The van der Waals surface area contributed by atoms with E-state index in [9.17, 15) is 8.42 Å². The zero-order valence-corrected chi connectivity index (χ0v) is 14.3. The first kappa shape index (κ1) is 16.4. The first-order valence-corrected chi connectivity index (χ1v) is 9.69. The summed E-state index contributed by atoms with van der Waals surface area (Å²) in [4.78, 5) is 2.07. The molecule has 2 aromatic rings. The van der Waals surface area contributed by atoms with Crippen LogP contribution in [0.4, 0.5) is 0 Å². The van der Waals surface area contributed by atoms with Crippen molar-refractivity contribution in [1.82, 2.24) is 15.1 Å². The molecule has 0 N–H and O–H groups in total. The molecule has 0 radical (unpaired) electrons. The van der Waals surface area contributed by atoms with Crippen molar-refractivity contribution in [3.63, 3.8) is 0 Å². The van der Waals surface area contributed by atoms with E-state index in [1.54, 1.807) is 12.1 Å². The minimum atomic E-state index is -2.91. The lowest BCUT2D eigenvalue weighted by atomic mass is 10.2. The molecule has 1 atom stereocenters. The maximum absolute atomic E-state index is 11.6. The van der Waals surface area contributed by atoms with Gasteiger partial charge in [0.15, 0.2) is 9.84 Å². The molecule has 124 valence electrons. The van der Waals surface area contributed by atoms with Crippen molar-refractivity contribution < 1.29 is 12.8 Å². The van der Waals surface area contributed by atoms with Crippen molar-refractivity contribution in [3.8, 4) is 11.5 Å². The summed E-state index contributed by atoms with van der Waals surface area (Å²) in [6.07, 6.45) is 0.661. The van der Waals surface area contributed by atoms with Crippen molar-refractivity contribution in [3.05, 3.63) is 35.2 Å². The quantitative estimate of drug-likeness (QED) is 0.819. The predicted octanol–water partition coefficient (Wildman–Crippen LogP) is 2.40. The lowest BCUT2D eigenvalue weighted by molar-refractivity contribution is 0.195. The van der Waals surface area contributed by atoms with E-state index in [4.69, 9.17) is 16.0 Å². The van der Waals surface area contributed by atoms with Crippen LogP contribution in [0.2, 0.25) is 5.02 Å². The Kier molecular flexibility index (Phi) is 4.70. The molecular formula is C15H18ClN3O3S. The first-order chi connectivity index (χ1) is 11.0. The average molecular weight is 356 g/mol. The number of aromatic nitrogens is 2. The fourth-order valence-electron chi connectivity index (χ4n) is 2.76. The maximum Gasteiger partial charge on any atom is 0.247 e. The van der Waals surface area contributed by atoms with E-state index in [0.717, 1.165) is 12.1 Å². The van der Waals surface area contributed by atoms with Gasteiger partial charge in [0.2, 0.25) is 11.8 Å². The van der Waals surface area contributed by atoms with Gasteiger partial charge in [0.25, 0.3) is 0 Å². The fourth-order valence-corrected chi connectivity index (χ4v) is 4.65. The van der Waals surface area contributed by atoms with Gasteiger partial charge in [-0.25, -0.2) is 8.42 Å². The molecule has 6 nitrogen and oxygen atoms in total. The average Bonchev–Trinajstić information content (AvgIpc) is 3.12. The summed E-state index contributed by atoms with van der Waals surface area (Å²) < 4.78 is 29.0. The molecule has 0 spiro atoms. The molecule has 0 saturated carbocycles. The topological polar surface area (TPSA) is 76.3 Å². The summed E-state index contributed by atoms with van der Waals surface area (Å²) in [5, 5.41) is 8.77. The van der Waals surface area contributed by atoms with Gasteiger partial charge in [0.1, 0.15) is 0 Å². The highest BCUT2D eigenvalue weighted by atomic mass is 35.5. The Morgan fingerprint density at radius 2 is 2.04 bits per heavy atom. The Labute approximate surface area is 140 Å². The second-order valence-corrected chi connectivity index (χ2v) is 8.29. The molecule has 0 amide bonds. The molecule has 1 aromatic carbocycles. The Hall–Kier alpha value is -1.44. The van der Waals surface area contributed by atoms with Crippen molar-refractivity contribution in [2.24, 2.45) is 0 Å². The normalized spacial score (nSPS) is 20.2. The maximum atomic E-state index is 11.6. The number of rotatable bonds is 5. The molecule has 1 unspecified atom stereocenters. The van der Waals surface area contributed by atoms with E-state index in [2.05, 4.69) is 15.1 Å². The van der Waals surface area contributed by atoms with Crippen molar-refractivity contribution in [1.29, 1.82) is 0 Å². The number of halogens is 1. The Balaban J connectivity index is 1.71. The minimum absolute atomic E-state index is 0.0240. The first-order valence-electron chi connectivity index (χ1n) is 7.49. The number of nitrogens with zero attached hydrogens (tertiary/aromatic N) is 3. The Morgan fingerprint density at radius 1 is 1.30 bits per heavy atom. The largest absolute Gasteiger partial charge is 0.419 e. The van der Waals surface area contributed by atoms with Crippen molar-refractivity contribution in [2.45, 2.75) is 25.9 Å². The summed E-state index contributed by atoms with van der Waals surface area (Å²) in [6, 6.07) is 7.20. The van der Waals surface area contributed by atoms with Crippen LogP contribution >= 0.6 is 11.6 Å². The van der Waals surface area contributed by atoms with Crippen LogP contribution in [-0.2, 0) is 16.4 Å². The summed E-state index contributed by atoms with van der Waals surface area (Å²) in [7, 11) is -2.91. The molecule has 1 aliphatic rings. The zero-order valence-electron chi connectivity index (χ0n) is 12.8. The molecule has 1 fully saturated rings. The van der Waals surface area contributed by atoms with E-state index in [1.165, 1.54) is 0 Å². The number of hydrogen-bond acceptors (Lipinski definition) is 6. The molecule has 2 heterocycles. The highest BCUT2D eigenvalue weighted by Gasteiger charge is 2.32. The molecule has 0 aliphatic carbocycles. The van der Waals surface area contributed by atoms with Gasteiger partial charge in [-0.2, -0.15) is 0 Å². The standard InChI is InChI=1S/C15H18ClN3O3S/c1-2-19(13-7-8-23(20,21)10-13)9-14-17-18-15(22-14)11-3-5-12(16)6-4-11/h3-6,13H,2,7-10H2,1H3. The third-order valence-corrected chi connectivity index (χ3v) is 6.03. The van der Waals surface area contributed by atoms with E-state index in [1.807, 2.05) is 19.1 Å². The van der Waals surface area contributed by atoms with Gasteiger partial charge < -0.3 is 4.42 Å². The highest BCUT2D eigenvalue weighted by molar-refractivity contribution is 7.91. The Morgan fingerprint density at radius 3 is 2.65 bits per heavy atom. The van der Waals surface area contributed by atoms with E-state index >= 15 is 0 Å². The van der Waals surface area contributed by atoms with Gasteiger partial charge in [0, 0.05) is 16.6 Å². The van der Waals surface area contributed by atoms with Crippen LogP contribution in [0.25, 0.3) is 11.5 Å². The molecule has 1 saturated heterocycles. The van der Waals surface area contributed by atoms with Crippen LogP contribution in [0, 0.1) is 0 Å². The molecular weight excluding hydrogens is 338 g/mol. The van der Waals surface area contributed by atoms with E-state index in [-0.39, 0.29) is 17.5 Å². The Bertz CT molecular complexity index is 774. The molecule has 3 rings (SSSR count). The lowest BCUT2D eigenvalue weighted by Gasteiger charge is -2.24. The predicted molar refractivity (Wildman–Crippen MR) is 87.9 cm³/mol. The fraction of sp³-hybridized carbons (Fsp3) is 0.467. The van der Waals surface area contributed by atoms with Crippen LogP contribution in [0.1, 0.15) is 19.2 Å². The van der Waals surface area contributed by atoms with Gasteiger partial charge in [-0.3, -0.25) is 4.90 Å². The van der Waals surface area contributed by atoms with Gasteiger partial charge >= 0.3 is 0 Å². The zero-order chi connectivity index (χ0) is 16.4. The molecule has 0 bridgehead atoms. The SMILES string of the molecule is CCN(Cc1nnc(-c2ccc(Cl)cc2)o1)C1CCS(=O)(=O)C1. The van der Waals surface area contributed by atoms with E-state index in [0.29, 0.717) is 29.8 Å². The lowest BCUT2D eigenvalue weighted by Crippen LogP contribution is -2.35. The third kappa shape index (κ3) is 3.91. The monoisotopic (exact) mass is 355 g/mol. The van der Waals surface area contributed by atoms with Gasteiger partial charge in [-0.1, -0.05) is 18.5 Å². The summed E-state index contributed by atoms with van der Waals surface area (Å²) in [6.45, 7) is 3.19.